The van der Waals surface area contributed by atoms with E-state index in [1.807, 2.05) is 0 Å². The normalized spacial score (nSPS) is 10.7. The molecule has 2 aromatic heterocycles. The van der Waals surface area contributed by atoms with E-state index in [4.69, 9.17) is 8.94 Å². The van der Waals surface area contributed by atoms with Crippen LogP contribution in [0.4, 0.5) is 10.1 Å². The Labute approximate surface area is 182 Å². The molecule has 0 spiro atoms. The Morgan fingerprint density at radius 2 is 1.81 bits per heavy atom. The molecule has 0 saturated heterocycles. The number of aromatic nitrogens is 2. The Balaban J connectivity index is 1.33. The van der Waals surface area contributed by atoms with Crippen molar-refractivity contribution in [2.24, 2.45) is 0 Å². The SMILES string of the molecule is O=C(CCc1nc(-c2ccc(F)cc2)no1)Nc1ccccc1C(=O)NCc1ccco1. The average molecular weight is 434 g/mol. The van der Waals surface area contributed by atoms with E-state index in [0.29, 0.717) is 28.4 Å². The summed E-state index contributed by atoms with van der Waals surface area (Å²) in [6, 6.07) is 15.9. The molecule has 4 aromatic rings. The summed E-state index contributed by atoms with van der Waals surface area (Å²) >= 11 is 0. The van der Waals surface area contributed by atoms with Crippen LogP contribution in [0.1, 0.15) is 28.4 Å². The van der Waals surface area contributed by atoms with E-state index >= 15 is 0 Å². The van der Waals surface area contributed by atoms with Crippen molar-refractivity contribution in [3.05, 3.63) is 90.0 Å². The molecule has 0 bridgehead atoms. The first kappa shape index (κ1) is 21.0. The van der Waals surface area contributed by atoms with Crippen LogP contribution < -0.4 is 10.6 Å². The third kappa shape index (κ3) is 5.25. The highest BCUT2D eigenvalue weighted by Gasteiger charge is 2.15. The molecule has 2 N–H and O–H groups in total. The number of rotatable bonds is 8. The van der Waals surface area contributed by atoms with Gasteiger partial charge in [-0.05, 0) is 48.5 Å². The summed E-state index contributed by atoms with van der Waals surface area (Å²) in [5.74, 6) is 0.224. The number of hydrogen-bond donors (Lipinski definition) is 2. The van der Waals surface area contributed by atoms with Crippen molar-refractivity contribution < 1.29 is 22.9 Å². The van der Waals surface area contributed by atoms with Crippen LogP contribution in [-0.4, -0.2) is 22.0 Å². The molecule has 0 unspecified atom stereocenters. The first-order chi connectivity index (χ1) is 15.6. The molecule has 8 nitrogen and oxygen atoms in total. The largest absolute Gasteiger partial charge is 0.467 e. The number of amides is 2. The summed E-state index contributed by atoms with van der Waals surface area (Å²) in [4.78, 5) is 29.2. The van der Waals surface area contributed by atoms with Gasteiger partial charge in [-0.1, -0.05) is 17.3 Å². The van der Waals surface area contributed by atoms with Crippen LogP contribution in [0.5, 0.6) is 0 Å². The number of carbonyl (C=O) groups is 2. The van der Waals surface area contributed by atoms with Gasteiger partial charge < -0.3 is 19.6 Å². The van der Waals surface area contributed by atoms with Gasteiger partial charge >= 0.3 is 0 Å². The number of anilines is 1. The molecule has 32 heavy (non-hydrogen) atoms. The number of nitrogens with zero attached hydrogens (tertiary/aromatic N) is 2. The van der Waals surface area contributed by atoms with E-state index < -0.39 is 0 Å². The summed E-state index contributed by atoms with van der Waals surface area (Å²) in [6.07, 6.45) is 1.82. The van der Waals surface area contributed by atoms with Crippen LogP contribution in [0, 0.1) is 5.82 Å². The highest BCUT2D eigenvalue weighted by Crippen LogP contribution is 2.18. The Morgan fingerprint density at radius 3 is 2.59 bits per heavy atom. The minimum atomic E-state index is -0.357. The van der Waals surface area contributed by atoms with Crippen LogP contribution in [0.15, 0.2) is 75.9 Å². The minimum Gasteiger partial charge on any atom is -0.467 e. The lowest BCUT2D eigenvalue weighted by molar-refractivity contribution is -0.116. The summed E-state index contributed by atoms with van der Waals surface area (Å²) < 4.78 is 23.4. The number of halogens is 1. The van der Waals surface area contributed by atoms with E-state index in [2.05, 4.69) is 20.8 Å². The zero-order valence-electron chi connectivity index (χ0n) is 16.9. The molecule has 0 radical (unpaired) electrons. The first-order valence-corrected chi connectivity index (χ1v) is 9.86. The molecular weight excluding hydrogens is 415 g/mol. The third-order valence-corrected chi connectivity index (χ3v) is 4.59. The van der Waals surface area contributed by atoms with E-state index in [1.165, 1.54) is 18.4 Å². The van der Waals surface area contributed by atoms with Gasteiger partial charge in [0, 0.05) is 18.4 Å². The highest BCUT2D eigenvalue weighted by molar-refractivity contribution is 6.03. The number of benzene rings is 2. The number of aryl methyl sites for hydroxylation is 1. The topological polar surface area (TPSA) is 110 Å². The van der Waals surface area contributed by atoms with Crippen molar-refractivity contribution in [2.45, 2.75) is 19.4 Å². The number of para-hydroxylation sites is 1. The Morgan fingerprint density at radius 1 is 1.00 bits per heavy atom. The first-order valence-electron chi connectivity index (χ1n) is 9.86. The van der Waals surface area contributed by atoms with Crippen molar-refractivity contribution >= 4 is 17.5 Å². The van der Waals surface area contributed by atoms with Crippen LogP contribution in [-0.2, 0) is 17.8 Å². The van der Waals surface area contributed by atoms with Crippen molar-refractivity contribution in [3.63, 3.8) is 0 Å². The molecule has 0 aliphatic rings. The van der Waals surface area contributed by atoms with Crippen molar-refractivity contribution in [3.8, 4) is 11.4 Å². The second-order valence-electron chi connectivity index (χ2n) is 6.87. The zero-order valence-corrected chi connectivity index (χ0v) is 16.9. The van der Waals surface area contributed by atoms with Gasteiger partial charge in [-0.3, -0.25) is 9.59 Å². The predicted octanol–water partition coefficient (Wildman–Crippen LogP) is 3.97. The van der Waals surface area contributed by atoms with Crippen molar-refractivity contribution in [1.82, 2.24) is 15.5 Å². The van der Waals surface area contributed by atoms with Crippen molar-refractivity contribution in [2.75, 3.05) is 5.32 Å². The van der Waals surface area contributed by atoms with Gasteiger partial charge in [-0.15, -0.1) is 0 Å². The molecule has 0 aliphatic carbocycles. The van der Waals surface area contributed by atoms with Gasteiger partial charge in [-0.25, -0.2) is 4.39 Å². The molecule has 0 atom stereocenters. The zero-order chi connectivity index (χ0) is 22.3. The number of hydrogen-bond acceptors (Lipinski definition) is 6. The minimum absolute atomic E-state index is 0.0768. The predicted molar refractivity (Wildman–Crippen MR) is 113 cm³/mol. The second kappa shape index (κ2) is 9.69. The monoisotopic (exact) mass is 434 g/mol. The standard InChI is InChI=1S/C23H19FN4O4/c24-16-9-7-15(8-10-16)22-27-21(32-28-22)12-11-20(29)26-19-6-2-1-5-18(19)23(30)25-14-17-4-3-13-31-17/h1-10,13H,11-12,14H2,(H,25,30)(H,26,29). The highest BCUT2D eigenvalue weighted by atomic mass is 19.1. The smallest absolute Gasteiger partial charge is 0.253 e. The van der Waals surface area contributed by atoms with E-state index in [0.717, 1.165) is 0 Å². The second-order valence-corrected chi connectivity index (χ2v) is 6.87. The number of carbonyl (C=O) groups excluding carboxylic acids is 2. The van der Waals surface area contributed by atoms with Gasteiger partial charge in [0.25, 0.3) is 5.91 Å². The van der Waals surface area contributed by atoms with E-state index in [-0.39, 0.29) is 42.9 Å². The maximum absolute atomic E-state index is 13.0. The van der Waals surface area contributed by atoms with Crippen LogP contribution in [0.3, 0.4) is 0 Å². The van der Waals surface area contributed by atoms with E-state index in [9.17, 15) is 14.0 Å². The molecule has 2 amide bonds. The summed E-state index contributed by atoms with van der Waals surface area (Å²) in [5.41, 5.74) is 1.34. The molecule has 0 aliphatic heterocycles. The lowest BCUT2D eigenvalue weighted by Crippen LogP contribution is -2.24. The molecule has 4 rings (SSSR count). The van der Waals surface area contributed by atoms with Gasteiger partial charge in [0.2, 0.25) is 17.6 Å². The van der Waals surface area contributed by atoms with Gasteiger partial charge in [-0.2, -0.15) is 4.98 Å². The number of furan rings is 1. The molecule has 0 saturated carbocycles. The van der Waals surface area contributed by atoms with E-state index in [1.54, 1.807) is 48.5 Å². The van der Waals surface area contributed by atoms with Crippen LogP contribution in [0.25, 0.3) is 11.4 Å². The van der Waals surface area contributed by atoms with Gasteiger partial charge in [0.1, 0.15) is 11.6 Å². The maximum Gasteiger partial charge on any atom is 0.253 e. The molecule has 2 heterocycles. The summed E-state index contributed by atoms with van der Waals surface area (Å²) in [6.45, 7) is 0.238. The molecule has 162 valence electrons. The average Bonchev–Trinajstić information content (AvgIpc) is 3.49. The molecule has 9 heteroatoms. The Kier molecular flexibility index (Phi) is 6.35. The Hall–Kier alpha value is -4.27. The lowest BCUT2D eigenvalue weighted by Gasteiger charge is -2.10. The number of nitrogens with one attached hydrogen (secondary N) is 2. The fraction of sp³-hybridized carbons (Fsp3) is 0.130. The fourth-order valence-electron chi connectivity index (χ4n) is 2.97. The van der Waals surface area contributed by atoms with Crippen molar-refractivity contribution in [1.29, 1.82) is 0 Å². The molecule has 0 fully saturated rings. The quantitative estimate of drug-likeness (QED) is 0.434. The summed E-state index contributed by atoms with van der Waals surface area (Å²) in [7, 11) is 0. The van der Waals surface area contributed by atoms with Crippen LogP contribution >= 0.6 is 0 Å². The Bertz CT molecular complexity index is 1200. The van der Waals surface area contributed by atoms with Gasteiger partial charge in [0.05, 0.1) is 24.1 Å². The summed E-state index contributed by atoms with van der Waals surface area (Å²) in [5, 5.41) is 9.35. The fourth-order valence-corrected chi connectivity index (χ4v) is 2.97. The van der Waals surface area contributed by atoms with Crippen LogP contribution in [0.2, 0.25) is 0 Å². The third-order valence-electron chi connectivity index (χ3n) is 4.59. The molecule has 2 aromatic carbocycles. The molecular formula is C23H19FN4O4. The van der Waals surface area contributed by atoms with Gasteiger partial charge in [0.15, 0.2) is 0 Å². The lowest BCUT2D eigenvalue weighted by atomic mass is 10.1. The maximum atomic E-state index is 13.0.